The van der Waals surface area contributed by atoms with Gasteiger partial charge < -0.3 is 14.5 Å². The zero-order valence-electron chi connectivity index (χ0n) is 14.7. The van der Waals surface area contributed by atoms with Crippen LogP contribution >= 0.6 is 0 Å². The molecule has 1 aliphatic rings. The van der Waals surface area contributed by atoms with Crippen molar-refractivity contribution in [1.29, 1.82) is 0 Å². The topological polar surface area (TPSA) is 71.8 Å². The fraction of sp³-hybridized carbons (Fsp3) is 0.368. The van der Waals surface area contributed by atoms with Crippen molar-refractivity contribution in [2.45, 2.75) is 32.7 Å². The number of furan rings is 1. The monoisotopic (exact) mass is 342 g/mol. The van der Waals surface area contributed by atoms with Crippen LogP contribution in [-0.2, 0) is 10.3 Å². The zero-order valence-corrected chi connectivity index (χ0v) is 14.7. The molecule has 0 bridgehead atoms. The molecule has 1 atom stereocenters. The van der Waals surface area contributed by atoms with Gasteiger partial charge in [0.25, 0.3) is 5.91 Å². The summed E-state index contributed by atoms with van der Waals surface area (Å²) >= 11 is 0. The standard InChI is InChI=1S/C19H22N2O4/c1-13-12-16(14(2)25-13)19(3)17(22)21(18(23)20-19)10-7-11-24-15-8-5-4-6-9-15/h4-6,8-9,12H,7,10-11H2,1-3H3,(H,20,23). The Bertz CT molecular complexity index is 784. The minimum absolute atomic E-state index is 0.263. The van der Waals surface area contributed by atoms with E-state index in [9.17, 15) is 9.59 Å². The SMILES string of the molecule is Cc1cc(C2(C)NC(=O)N(CCCOc3ccccc3)C2=O)c(C)o1. The summed E-state index contributed by atoms with van der Waals surface area (Å²) in [6, 6.07) is 10.9. The van der Waals surface area contributed by atoms with Gasteiger partial charge in [0.2, 0.25) is 0 Å². The van der Waals surface area contributed by atoms with Gasteiger partial charge in [-0.3, -0.25) is 9.69 Å². The Morgan fingerprint density at radius 1 is 1.20 bits per heavy atom. The quantitative estimate of drug-likeness (QED) is 0.647. The van der Waals surface area contributed by atoms with Gasteiger partial charge in [-0.2, -0.15) is 0 Å². The number of ether oxygens (including phenoxy) is 1. The van der Waals surface area contributed by atoms with Crippen molar-refractivity contribution in [3.05, 3.63) is 53.5 Å². The molecule has 0 saturated carbocycles. The Hall–Kier alpha value is -2.76. The Labute approximate surface area is 146 Å². The summed E-state index contributed by atoms with van der Waals surface area (Å²) in [6.07, 6.45) is 0.563. The maximum absolute atomic E-state index is 12.8. The van der Waals surface area contributed by atoms with E-state index < -0.39 is 5.54 Å². The Morgan fingerprint density at radius 3 is 2.56 bits per heavy atom. The van der Waals surface area contributed by atoms with E-state index in [0.717, 1.165) is 5.75 Å². The third-order valence-electron chi connectivity index (χ3n) is 4.39. The second-order valence-electron chi connectivity index (χ2n) is 6.35. The number of benzene rings is 1. The van der Waals surface area contributed by atoms with Crippen molar-refractivity contribution in [3.8, 4) is 5.75 Å². The first kappa shape index (κ1) is 17.1. The van der Waals surface area contributed by atoms with E-state index in [1.165, 1.54) is 4.90 Å². The van der Waals surface area contributed by atoms with Gasteiger partial charge in [-0.15, -0.1) is 0 Å². The molecule has 1 aliphatic heterocycles. The van der Waals surface area contributed by atoms with Gasteiger partial charge in [0, 0.05) is 12.1 Å². The van der Waals surface area contributed by atoms with Crippen LogP contribution in [0, 0.1) is 13.8 Å². The van der Waals surface area contributed by atoms with Gasteiger partial charge in [0.15, 0.2) is 0 Å². The molecule has 2 heterocycles. The molecule has 1 fully saturated rings. The van der Waals surface area contributed by atoms with E-state index in [1.807, 2.05) is 37.3 Å². The van der Waals surface area contributed by atoms with Crippen molar-refractivity contribution in [2.75, 3.05) is 13.2 Å². The number of nitrogens with one attached hydrogen (secondary N) is 1. The molecule has 1 N–H and O–H groups in total. The first-order chi connectivity index (χ1) is 11.9. The number of carbonyl (C=O) groups is 2. The van der Waals surface area contributed by atoms with Gasteiger partial charge in [-0.05, 0) is 45.4 Å². The van der Waals surface area contributed by atoms with Crippen LogP contribution in [0.4, 0.5) is 4.79 Å². The number of imide groups is 1. The number of amides is 3. The van der Waals surface area contributed by atoms with Gasteiger partial charge in [-0.25, -0.2) is 4.79 Å². The van der Waals surface area contributed by atoms with Crippen LogP contribution in [-0.4, -0.2) is 30.0 Å². The molecule has 0 spiro atoms. The lowest BCUT2D eigenvalue weighted by molar-refractivity contribution is -0.131. The van der Waals surface area contributed by atoms with E-state index >= 15 is 0 Å². The molecular weight excluding hydrogens is 320 g/mol. The van der Waals surface area contributed by atoms with Crippen LogP contribution in [0.25, 0.3) is 0 Å². The molecule has 1 unspecified atom stereocenters. The second-order valence-corrected chi connectivity index (χ2v) is 6.35. The Balaban J connectivity index is 1.62. The highest BCUT2D eigenvalue weighted by Gasteiger charge is 2.50. The number of para-hydroxylation sites is 1. The second kappa shape index (κ2) is 6.63. The summed E-state index contributed by atoms with van der Waals surface area (Å²) in [7, 11) is 0. The van der Waals surface area contributed by atoms with E-state index in [4.69, 9.17) is 9.15 Å². The molecule has 132 valence electrons. The largest absolute Gasteiger partial charge is 0.494 e. The average molecular weight is 342 g/mol. The van der Waals surface area contributed by atoms with Gasteiger partial charge in [-0.1, -0.05) is 18.2 Å². The molecule has 1 aromatic carbocycles. The van der Waals surface area contributed by atoms with Crippen LogP contribution in [0.1, 0.15) is 30.4 Å². The molecule has 1 saturated heterocycles. The number of rotatable bonds is 6. The first-order valence-corrected chi connectivity index (χ1v) is 8.31. The third kappa shape index (κ3) is 3.24. The normalized spacial score (nSPS) is 20.0. The molecule has 2 aromatic rings. The van der Waals surface area contributed by atoms with Crippen molar-refractivity contribution < 1.29 is 18.7 Å². The fourth-order valence-corrected chi connectivity index (χ4v) is 3.14. The summed E-state index contributed by atoms with van der Waals surface area (Å²) in [5, 5.41) is 2.80. The molecule has 3 amide bonds. The number of urea groups is 1. The average Bonchev–Trinajstić information content (AvgIpc) is 3.03. The molecular formula is C19H22N2O4. The highest BCUT2D eigenvalue weighted by atomic mass is 16.5. The summed E-state index contributed by atoms with van der Waals surface area (Å²) in [6.45, 7) is 6.07. The van der Waals surface area contributed by atoms with Crippen LogP contribution in [0.3, 0.4) is 0 Å². The first-order valence-electron chi connectivity index (χ1n) is 8.31. The van der Waals surface area contributed by atoms with E-state index in [2.05, 4.69) is 5.32 Å². The van der Waals surface area contributed by atoms with E-state index in [-0.39, 0.29) is 11.9 Å². The highest BCUT2D eigenvalue weighted by Crippen LogP contribution is 2.32. The molecule has 1 aromatic heterocycles. The molecule has 0 aliphatic carbocycles. The number of hydrogen-bond acceptors (Lipinski definition) is 4. The van der Waals surface area contributed by atoms with Crippen molar-refractivity contribution in [1.82, 2.24) is 10.2 Å². The van der Waals surface area contributed by atoms with Gasteiger partial charge >= 0.3 is 6.03 Å². The van der Waals surface area contributed by atoms with E-state index in [1.54, 1.807) is 19.9 Å². The zero-order chi connectivity index (χ0) is 18.0. The van der Waals surface area contributed by atoms with Crippen molar-refractivity contribution in [2.24, 2.45) is 0 Å². The molecule has 3 rings (SSSR count). The summed E-state index contributed by atoms with van der Waals surface area (Å²) in [4.78, 5) is 26.3. The molecule has 25 heavy (non-hydrogen) atoms. The molecule has 6 nitrogen and oxygen atoms in total. The smallest absolute Gasteiger partial charge is 0.325 e. The summed E-state index contributed by atoms with van der Waals surface area (Å²) < 4.78 is 11.1. The lowest BCUT2D eigenvalue weighted by Crippen LogP contribution is -2.41. The van der Waals surface area contributed by atoms with Gasteiger partial charge in [0.1, 0.15) is 22.8 Å². The van der Waals surface area contributed by atoms with E-state index in [0.29, 0.717) is 36.7 Å². The minimum atomic E-state index is -1.08. The van der Waals surface area contributed by atoms with Crippen LogP contribution in [0.2, 0.25) is 0 Å². The molecule has 6 heteroatoms. The van der Waals surface area contributed by atoms with Crippen LogP contribution in [0.5, 0.6) is 5.75 Å². The van der Waals surface area contributed by atoms with Crippen molar-refractivity contribution in [3.63, 3.8) is 0 Å². The van der Waals surface area contributed by atoms with Crippen molar-refractivity contribution >= 4 is 11.9 Å². The Kier molecular flexibility index (Phi) is 4.53. The van der Waals surface area contributed by atoms with Crippen LogP contribution < -0.4 is 10.1 Å². The summed E-state index contributed by atoms with van der Waals surface area (Å²) in [5.41, 5.74) is -0.384. The van der Waals surface area contributed by atoms with Crippen LogP contribution in [0.15, 0.2) is 40.8 Å². The number of aryl methyl sites for hydroxylation is 2. The fourth-order valence-electron chi connectivity index (χ4n) is 3.14. The minimum Gasteiger partial charge on any atom is -0.494 e. The third-order valence-corrected chi connectivity index (χ3v) is 4.39. The predicted octanol–water partition coefficient (Wildman–Crippen LogP) is 3.13. The summed E-state index contributed by atoms with van der Waals surface area (Å²) in [5.74, 6) is 1.86. The highest BCUT2D eigenvalue weighted by molar-refractivity contribution is 6.07. The maximum Gasteiger partial charge on any atom is 0.325 e. The van der Waals surface area contributed by atoms with Gasteiger partial charge in [0.05, 0.1) is 6.61 Å². The maximum atomic E-state index is 12.8. The predicted molar refractivity (Wildman–Crippen MR) is 92.3 cm³/mol. The lowest BCUT2D eigenvalue weighted by atomic mass is 9.92. The molecule has 0 radical (unpaired) electrons. The number of carbonyl (C=O) groups excluding carboxylic acids is 2. The number of hydrogen-bond donors (Lipinski definition) is 1. The Morgan fingerprint density at radius 2 is 1.92 bits per heavy atom. The number of nitrogens with zero attached hydrogens (tertiary/aromatic N) is 1. The lowest BCUT2D eigenvalue weighted by Gasteiger charge is -2.21.